The highest BCUT2D eigenvalue weighted by Crippen LogP contribution is 2.33. The fourth-order valence-corrected chi connectivity index (χ4v) is 3.92. The van der Waals surface area contributed by atoms with Crippen molar-refractivity contribution in [1.82, 2.24) is 0 Å². The summed E-state index contributed by atoms with van der Waals surface area (Å²) in [5.41, 5.74) is 17.3. The van der Waals surface area contributed by atoms with Crippen LogP contribution in [0.25, 0.3) is 32.9 Å². The van der Waals surface area contributed by atoms with E-state index in [1.807, 2.05) is 6.07 Å². The number of nitrogens with zero attached hydrogens (tertiary/aromatic N) is 1. The van der Waals surface area contributed by atoms with Gasteiger partial charge in [-0.1, -0.05) is 24.3 Å². The molecule has 142 valence electrons. The first-order valence-electron chi connectivity index (χ1n) is 9.91. The number of anilines is 2. The molecule has 0 atom stereocenters. The van der Waals surface area contributed by atoms with E-state index in [9.17, 15) is 0 Å². The Hall–Kier alpha value is -3.11. The van der Waals surface area contributed by atoms with Gasteiger partial charge in [0.1, 0.15) is 6.54 Å². The first kappa shape index (κ1) is 18.3. The van der Waals surface area contributed by atoms with E-state index >= 15 is 0 Å². The Bertz CT molecular complexity index is 1120. The molecule has 0 saturated heterocycles. The highest BCUT2D eigenvalue weighted by Gasteiger charge is 2.22. The van der Waals surface area contributed by atoms with E-state index in [1.54, 1.807) is 0 Å². The number of fused-ring (bicyclic) bond motifs is 3. The fraction of sp³-hybridized carbons (Fsp3) is 0.208. The predicted molar refractivity (Wildman–Crippen MR) is 119 cm³/mol. The van der Waals surface area contributed by atoms with Gasteiger partial charge in [-0.05, 0) is 56.3 Å². The molecule has 0 spiro atoms. The lowest BCUT2D eigenvalue weighted by molar-refractivity contribution is -0.655. The molecular formula is C24H27N4+. The summed E-state index contributed by atoms with van der Waals surface area (Å²) in [5.74, 6) is 0. The van der Waals surface area contributed by atoms with Gasteiger partial charge in [0.15, 0.2) is 0 Å². The molecule has 1 aromatic heterocycles. The highest BCUT2D eigenvalue weighted by molar-refractivity contribution is 6.10. The molecule has 0 aliphatic heterocycles. The Morgan fingerprint density at radius 3 is 2.43 bits per heavy atom. The van der Waals surface area contributed by atoms with E-state index in [2.05, 4.69) is 77.5 Å². The van der Waals surface area contributed by atoms with Crippen molar-refractivity contribution in [3.63, 3.8) is 0 Å². The second-order valence-electron chi connectivity index (χ2n) is 7.06. The van der Waals surface area contributed by atoms with Gasteiger partial charge in [-0.25, -0.2) is 0 Å². The van der Waals surface area contributed by atoms with Crippen LogP contribution < -0.4 is 21.4 Å². The number of nitrogen functional groups attached to an aromatic ring is 1. The second-order valence-corrected chi connectivity index (χ2v) is 7.06. The zero-order valence-electron chi connectivity index (χ0n) is 16.3. The first-order chi connectivity index (χ1) is 13.7. The molecule has 4 rings (SSSR count). The minimum Gasteiger partial charge on any atom is -0.399 e. The van der Waals surface area contributed by atoms with Gasteiger partial charge in [-0.2, -0.15) is 4.57 Å². The van der Waals surface area contributed by atoms with Crippen LogP contribution in [0.15, 0.2) is 66.7 Å². The second kappa shape index (κ2) is 7.87. The molecule has 0 aliphatic carbocycles. The maximum Gasteiger partial charge on any atom is 0.220 e. The van der Waals surface area contributed by atoms with Crippen LogP contribution in [0.5, 0.6) is 0 Å². The minimum absolute atomic E-state index is 0.692. The molecule has 0 fully saturated rings. The van der Waals surface area contributed by atoms with Crippen molar-refractivity contribution in [2.24, 2.45) is 5.73 Å². The minimum atomic E-state index is 0.692. The lowest BCUT2D eigenvalue weighted by Gasteiger charge is -2.13. The maximum atomic E-state index is 6.14. The average Bonchev–Trinajstić information content (AvgIpc) is 2.73. The molecule has 0 bridgehead atoms. The molecule has 0 aliphatic rings. The third kappa shape index (κ3) is 3.27. The summed E-state index contributed by atoms with van der Waals surface area (Å²) in [6.45, 7) is 4.62. The fourth-order valence-electron chi connectivity index (χ4n) is 3.92. The molecular weight excluding hydrogens is 344 g/mol. The molecule has 28 heavy (non-hydrogen) atoms. The third-order valence-corrected chi connectivity index (χ3v) is 5.22. The van der Waals surface area contributed by atoms with Gasteiger partial charge in [0, 0.05) is 34.9 Å². The largest absolute Gasteiger partial charge is 0.399 e. The van der Waals surface area contributed by atoms with Crippen molar-refractivity contribution in [2.45, 2.75) is 19.9 Å². The molecule has 0 amide bonds. The number of aryl methyl sites for hydroxylation is 1. The summed E-state index contributed by atoms with van der Waals surface area (Å²) in [5, 5.41) is 7.20. The Morgan fingerprint density at radius 1 is 0.893 bits per heavy atom. The number of pyridine rings is 1. The number of hydrogen-bond acceptors (Lipinski definition) is 3. The Kier molecular flexibility index (Phi) is 5.13. The molecule has 5 N–H and O–H groups in total. The number of nitrogens with one attached hydrogen (secondary N) is 1. The van der Waals surface area contributed by atoms with Crippen molar-refractivity contribution in [3.8, 4) is 11.3 Å². The average molecular weight is 372 g/mol. The van der Waals surface area contributed by atoms with Gasteiger partial charge in [-0.15, -0.1) is 0 Å². The molecule has 1 heterocycles. The number of benzene rings is 3. The normalized spacial score (nSPS) is 11.2. The summed E-state index contributed by atoms with van der Waals surface area (Å²) < 4.78 is 2.37. The van der Waals surface area contributed by atoms with Crippen LogP contribution in [0.2, 0.25) is 0 Å². The van der Waals surface area contributed by atoms with E-state index < -0.39 is 0 Å². The van der Waals surface area contributed by atoms with Crippen LogP contribution in [0.1, 0.15) is 13.3 Å². The quantitative estimate of drug-likeness (QED) is 0.205. The number of aromatic nitrogens is 1. The Labute approximate surface area is 165 Å². The van der Waals surface area contributed by atoms with E-state index in [-0.39, 0.29) is 0 Å². The van der Waals surface area contributed by atoms with Crippen molar-refractivity contribution >= 4 is 33.1 Å². The van der Waals surface area contributed by atoms with E-state index in [1.165, 1.54) is 27.4 Å². The van der Waals surface area contributed by atoms with Crippen LogP contribution in [0.4, 0.5) is 11.4 Å². The highest BCUT2D eigenvalue weighted by atomic mass is 15.0. The van der Waals surface area contributed by atoms with Crippen LogP contribution in [0, 0.1) is 0 Å². The molecule has 4 nitrogen and oxygen atoms in total. The first-order valence-corrected chi connectivity index (χ1v) is 9.91. The van der Waals surface area contributed by atoms with Crippen LogP contribution in [-0.4, -0.2) is 13.1 Å². The lowest BCUT2D eigenvalue weighted by Crippen LogP contribution is -2.36. The van der Waals surface area contributed by atoms with Gasteiger partial charge in [-0.3, -0.25) is 0 Å². The SMILES string of the molecule is CC[n+]1c(-c2ccccc2)c2cc(NCCCN)ccc2c2ccc(N)cc21. The molecule has 3 aromatic carbocycles. The van der Waals surface area contributed by atoms with Crippen LogP contribution in [-0.2, 0) is 6.54 Å². The standard InChI is InChI=1S/C24H26N4/c1-2-28-23-15-18(26)9-11-21(23)20-12-10-19(27-14-6-13-25)16-22(20)24(28)17-7-4-3-5-8-17/h3-5,7-12,15-16,26-27H,2,6,13-14,25H2,1H3/p+1. The van der Waals surface area contributed by atoms with Gasteiger partial charge in [0.25, 0.3) is 0 Å². The topological polar surface area (TPSA) is 68.0 Å². The zero-order valence-corrected chi connectivity index (χ0v) is 16.3. The van der Waals surface area contributed by atoms with Crippen LogP contribution in [0.3, 0.4) is 0 Å². The van der Waals surface area contributed by atoms with Gasteiger partial charge in [0.2, 0.25) is 11.2 Å². The number of hydrogen-bond donors (Lipinski definition) is 3. The molecule has 4 aromatic rings. The number of nitrogens with two attached hydrogens (primary N) is 2. The van der Waals surface area contributed by atoms with E-state index in [4.69, 9.17) is 11.5 Å². The summed E-state index contributed by atoms with van der Waals surface area (Å²) in [6.07, 6.45) is 0.954. The van der Waals surface area contributed by atoms with Gasteiger partial charge >= 0.3 is 0 Å². The summed E-state index contributed by atoms with van der Waals surface area (Å²) in [7, 11) is 0. The lowest BCUT2D eigenvalue weighted by atomic mass is 9.98. The number of rotatable bonds is 6. The third-order valence-electron chi connectivity index (χ3n) is 5.22. The van der Waals surface area contributed by atoms with Crippen molar-refractivity contribution in [2.75, 3.05) is 24.1 Å². The zero-order chi connectivity index (χ0) is 19.5. The smallest absolute Gasteiger partial charge is 0.220 e. The van der Waals surface area contributed by atoms with Crippen molar-refractivity contribution < 1.29 is 4.57 Å². The van der Waals surface area contributed by atoms with E-state index in [0.717, 1.165) is 36.4 Å². The summed E-state index contributed by atoms with van der Waals surface area (Å²) in [4.78, 5) is 0. The van der Waals surface area contributed by atoms with Crippen LogP contribution >= 0.6 is 0 Å². The maximum absolute atomic E-state index is 6.14. The van der Waals surface area contributed by atoms with Crippen molar-refractivity contribution in [3.05, 3.63) is 66.7 Å². The van der Waals surface area contributed by atoms with E-state index in [0.29, 0.717) is 6.54 Å². The monoisotopic (exact) mass is 371 g/mol. The van der Waals surface area contributed by atoms with Crippen molar-refractivity contribution in [1.29, 1.82) is 0 Å². The summed E-state index contributed by atoms with van der Waals surface area (Å²) in [6, 6.07) is 23.4. The molecule has 0 saturated carbocycles. The molecule has 4 heteroatoms. The summed E-state index contributed by atoms with van der Waals surface area (Å²) >= 11 is 0. The van der Waals surface area contributed by atoms with Gasteiger partial charge < -0.3 is 16.8 Å². The Morgan fingerprint density at radius 2 is 1.68 bits per heavy atom. The molecule has 0 radical (unpaired) electrons. The molecule has 0 unspecified atom stereocenters. The van der Waals surface area contributed by atoms with Gasteiger partial charge in [0.05, 0.1) is 10.8 Å². The predicted octanol–water partition coefficient (Wildman–Crippen LogP) is 4.31. The Balaban J connectivity index is 2.05.